The lowest BCUT2D eigenvalue weighted by molar-refractivity contribution is -0.157. The van der Waals surface area contributed by atoms with Gasteiger partial charge in [0.2, 0.25) is 5.91 Å². The van der Waals surface area contributed by atoms with E-state index < -0.39 is 18.1 Å². The van der Waals surface area contributed by atoms with E-state index in [-0.39, 0.29) is 17.6 Å². The minimum Gasteiger partial charge on any atom is -0.453 e. The van der Waals surface area contributed by atoms with Gasteiger partial charge in [0, 0.05) is 12.8 Å². The second kappa shape index (κ2) is 7.04. The maximum Gasteiger partial charge on any atom is 0.329 e. The van der Waals surface area contributed by atoms with Gasteiger partial charge in [-0.3, -0.25) is 9.59 Å². The van der Waals surface area contributed by atoms with Gasteiger partial charge in [-0.05, 0) is 13.3 Å². The van der Waals surface area contributed by atoms with Crippen LogP contribution in [0.25, 0.3) is 0 Å². The Labute approximate surface area is 102 Å². The molecular weight excluding hydrogens is 222 g/mol. The van der Waals surface area contributed by atoms with Gasteiger partial charge in [-0.15, -0.1) is 0 Å². The molecule has 0 spiro atoms. The smallest absolute Gasteiger partial charge is 0.329 e. The third kappa shape index (κ3) is 5.47. The number of rotatable bonds is 6. The van der Waals surface area contributed by atoms with Crippen LogP contribution in [-0.4, -0.2) is 29.8 Å². The number of amides is 1. The SMILES string of the molecule is CC[C@H](NC(C)=O)C(=O)O[C@H](C)C(=O)C(C)C. The van der Waals surface area contributed by atoms with Crippen molar-refractivity contribution in [3.63, 3.8) is 0 Å². The molecule has 0 aliphatic carbocycles. The van der Waals surface area contributed by atoms with Gasteiger partial charge >= 0.3 is 5.97 Å². The second-order valence-electron chi connectivity index (χ2n) is 4.30. The van der Waals surface area contributed by atoms with Crippen LogP contribution in [0, 0.1) is 5.92 Å². The number of carbonyl (C=O) groups is 3. The van der Waals surface area contributed by atoms with E-state index in [0.717, 1.165) is 0 Å². The Kier molecular flexibility index (Phi) is 6.46. The van der Waals surface area contributed by atoms with E-state index in [2.05, 4.69) is 5.32 Å². The fourth-order valence-electron chi connectivity index (χ4n) is 1.36. The standard InChI is InChI=1S/C12H21NO4/c1-6-10(13-9(5)14)12(16)17-8(4)11(15)7(2)3/h7-8,10H,6H2,1-5H3,(H,13,14)/t8-,10+/m1/s1. The zero-order chi connectivity index (χ0) is 13.6. The number of ketones is 1. The molecule has 0 aromatic heterocycles. The predicted octanol–water partition coefficient (Wildman–Crippen LogP) is 1.06. The summed E-state index contributed by atoms with van der Waals surface area (Å²) < 4.78 is 5.02. The Hall–Kier alpha value is -1.39. The maximum absolute atomic E-state index is 11.7. The van der Waals surface area contributed by atoms with Crippen LogP contribution in [0.2, 0.25) is 0 Å². The van der Waals surface area contributed by atoms with E-state index in [9.17, 15) is 14.4 Å². The summed E-state index contributed by atoms with van der Waals surface area (Å²) in [5.41, 5.74) is 0. The summed E-state index contributed by atoms with van der Waals surface area (Å²) in [4.78, 5) is 34.1. The molecule has 98 valence electrons. The Balaban J connectivity index is 4.40. The number of ether oxygens (including phenoxy) is 1. The fraction of sp³-hybridized carbons (Fsp3) is 0.750. The molecule has 0 unspecified atom stereocenters. The minimum absolute atomic E-state index is 0.129. The second-order valence-corrected chi connectivity index (χ2v) is 4.30. The fourth-order valence-corrected chi connectivity index (χ4v) is 1.36. The lowest BCUT2D eigenvalue weighted by Crippen LogP contribution is -2.42. The van der Waals surface area contributed by atoms with E-state index in [4.69, 9.17) is 4.74 Å². The molecule has 0 saturated carbocycles. The molecule has 0 aromatic carbocycles. The van der Waals surface area contributed by atoms with Crippen LogP contribution in [-0.2, 0) is 19.1 Å². The first-order chi connectivity index (χ1) is 7.79. The molecule has 2 atom stereocenters. The molecule has 5 heteroatoms. The van der Waals surface area contributed by atoms with Crippen LogP contribution < -0.4 is 5.32 Å². The van der Waals surface area contributed by atoms with Crippen LogP contribution in [0.4, 0.5) is 0 Å². The topological polar surface area (TPSA) is 72.5 Å². The summed E-state index contributed by atoms with van der Waals surface area (Å²) in [5.74, 6) is -1.17. The van der Waals surface area contributed by atoms with Crippen LogP contribution in [0.3, 0.4) is 0 Å². The summed E-state index contributed by atoms with van der Waals surface area (Å²) in [5, 5.41) is 2.48. The molecule has 0 heterocycles. The molecule has 0 fully saturated rings. The average Bonchev–Trinajstić information content (AvgIpc) is 2.23. The largest absolute Gasteiger partial charge is 0.453 e. The van der Waals surface area contributed by atoms with Gasteiger partial charge in [0.15, 0.2) is 11.9 Å². The van der Waals surface area contributed by atoms with Gasteiger partial charge in [0.25, 0.3) is 0 Å². The van der Waals surface area contributed by atoms with Gasteiger partial charge < -0.3 is 10.1 Å². The zero-order valence-corrected chi connectivity index (χ0v) is 11.1. The van der Waals surface area contributed by atoms with Gasteiger partial charge in [-0.1, -0.05) is 20.8 Å². The molecule has 0 rings (SSSR count). The van der Waals surface area contributed by atoms with Crippen molar-refractivity contribution < 1.29 is 19.1 Å². The van der Waals surface area contributed by atoms with Crippen molar-refractivity contribution in [2.45, 2.75) is 53.2 Å². The van der Waals surface area contributed by atoms with Crippen molar-refractivity contribution in [3.05, 3.63) is 0 Å². The third-order valence-electron chi connectivity index (χ3n) is 2.33. The van der Waals surface area contributed by atoms with Crippen LogP contribution >= 0.6 is 0 Å². The molecule has 17 heavy (non-hydrogen) atoms. The Morgan fingerprint density at radius 2 is 1.71 bits per heavy atom. The van der Waals surface area contributed by atoms with Crippen molar-refractivity contribution in [3.8, 4) is 0 Å². The highest BCUT2D eigenvalue weighted by Gasteiger charge is 2.25. The number of esters is 1. The molecule has 0 bridgehead atoms. The summed E-state index contributed by atoms with van der Waals surface area (Å²) in [6.07, 6.45) is -0.341. The van der Waals surface area contributed by atoms with Crippen molar-refractivity contribution in [1.82, 2.24) is 5.32 Å². The van der Waals surface area contributed by atoms with E-state index in [1.165, 1.54) is 6.92 Å². The molecule has 0 aliphatic heterocycles. The van der Waals surface area contributed by atoms with Gasteiger partial charge in [0.1, 0.15) is 6.04 Å². The minimum atomic E-state index is -0.773. The normalized spacial score (nSPS) is 14.0. The van der Waals surface area contributed by atoms with Gasteiger partial charge in [-0.2, -0.15) is 0 Å². The van der Waals surface area contributed by atoms with Gasteiger partial charge in [0.05, 0.1) is 0 Å². The molecule has 0 aromatic rings. The monoisotopic (exact) mass is 243 g/mol. The number of hydrogen-bond donors (Lipinski definition) is 1. The molecule has 0 radical (unpaired) electrons. The summed E-state index contributed by atoms with van der Waals surface area (Å²) in [7, 11) is 0. The highest BCUT2D eigenvalue weighted by Crippen LogP contribution is 2.05. The zero-order valence-electron chi connectivity index (χ0n) is 11.1. The first kappa shape index (κ1) is 15.6. The highest BCUT2D eigenvalue weighted by molar-refractivity contribution is 5.88. The first-order valence-electron chi connectivity index (χ1n) is 5.80. The van der Waals surface area contributed by atoms with Gasteiger partial charge in [-0.25, -0.2) is 4.79 Å². The quantitative estimate of drug-likeness (QED) is 0.708. The summed E-state index contributed by atoms with van der Waals surface area (Å²) in [6.45, 7) is 8.13. The van der Waals surface area contributed by atoms with Crippen molar-refractivity contribution >= 4 is 17.7 Å². The number of Topliss-reactive ketones (excluding diaryl/α,β-unsaturated/α-hetero) is 1. The molecule has 1 N–H and O–H groups in total. The Morgan fingerprint density at radius 3 is 2.06 bits per heavy atom. The third-order valence-corrected chi connectivity index (χ3v) is 2.33. The average molecular weight is 243 g/mol. The van der Waals surface area contributed by atoms with Crippen LogP contribution in [0.1, 0.15) is 41.0 Å². The van der Waals surface area contributed by atoms with Crippen molar-refractivity contribution in [2.75, 3.05) is 0 Å². The molecular formula is C12H21NO4. The van der Waals surface area contributed by atoms with Crippen molar-refractivity contribution in [1.29, 1.82) is 0 Å². The van der Waals surface area contributed by atoms with E-state index in [1.807, 2.05) is 0 Å². The summed E-state index contributed by atoms with van der Waals surface area (Å²) >= 11 is 0. The number of nitrogens with one attached hydrogen (secondary N) is 1. The summed E-state index contributed by atoms with van der Waals surface area (Å²) in [6, 6.07) is -0.685. The van der Waals surface area contributed by atoms with Crippen molar-refractivity contribution in [2.24, 2.45) is 5.92 Å². The molecule has 5 nitrogen and oxygen atoms in total. The van der Waals surface area contributed by atoms with E-state index in [0.29, 0.717) is 6.42 Å². The van der Waals surface area contributed by atoms with E-state index >= 15 is 0 Å². The lowest BCUT2D eigenvalue weighted by Gasteiger charge is -2.19. The molecule has 0 saturated heterocycles. The predicted molar refractivity (Wildman–Crippen MR) is 63.3 cm³/mol. The van der Waals surface area contributed by atoms with Crippen LogP contribution in [0.15, 0.2) is 0 Å². The number of carbonyl (C=O) groups excluding carboxylic acids is 3. The Bertz CT molecular complexity index is 299. The Morgan fingerprint density at radius 1 is 1.18 bits per heavy atom. The first-order valence-corrected chi connectivity index (χ1v) is 5.80. The molecule has 0 aliphatic rings. The maximum atomic E-state index is 11.7. The number of hydrogen-bond acceptors (Lipinski definition) is 4. The van der Waals surface area contributed by atoms with E-state index in [1.54, 1.807) is 27.7 Å². The molecule has 1 amide bonds. The van der Waals surface area contributed by atoms with Crippen LogP contribution in [0.5, 0.6) is 0 Å². The lowest BCUT2D eigenvalue weighted by atomic mass is 10.1. The highest BCUT2D eigenvalue weighted by atomic mass is 16.5.